The molecule has 0 radical (unpaired) electrons. The molecule has 3 aromatic rings. The Morgan fingerprint density at radius 1 is 1.44 bits per heavy atom. The van der Waals surface area contributed by atoms with Crippen molar-refractivity contribution in [2.24, 2.45) is 0 Å². The van der Waals surface area contributed by atoms with Gasteiger partial charge in [0.25, 0.3) is 5.91 Å². The lowest BCUT2D eigenvalue weighted by Crippen LogP contribution is -2.11. The third kappa shape index (κ3) is 1.91. The molecular formula is C11H9N5OS. The molecule has 0 unspecified atom stereocenters. The van der Waals surface area contributed by atoms with Crippen LogP contribution in [-0.2, 0) is 0 Å². The number of carbonyl (C=O) groups excluding carboxylic acids is 1. The first-order chi connectivity index (χ1) is 8.72. The highest BCUT2D eigenvalue weighted by Gasteiger charge is 2.08. The molecule has 90 valence electrons. The number of nitrogens with two attached hydrogens (primary N) is 1. The number of hydrogen-bond donors (Lipinski definition) is 3. The van der Waals surface area contributed by atoms with Crippen molar-refractivity contribution in [3.05, 3.63) is 34.8 Å². The van der Waals surface area contributed by atoms with Gasteiger partial charge in [0.05, 0.1) is 16.5 Å². The minimum absolute atomic E-state index is 0.233. The summed E-state index contributed by atoms with van der Waals surface area (Å²) in [5.41, 5.74) is 9.80. The van der Waals surface area contributed by atoms with Crippen molar-refractivity contribution >= 4 is 39.9 Å². The van der Waals surface area contributed by atoms with E-state index in [4.69, 9.17) is 5.73 Å². The number of carbonyl (C=O) groups is 1. The van der Waals surface area contributed by atoms with Crippen LogP contribution in [0.5, 0.6) is 0 Å². The van der Waals surface area contributed by atoms with Gasteiger partial charge in [-0.2, -0.15) is 0 Å². The van der Waals surface area contributed by atoms with Gasteiger partial charge in [0.15, 0.2) is 5.95 Å². The SMILES string of the molecule is Nc1nc2ccc(NC(=O)c3cscn3)cc2[nH]1. The number of anilines is 2. The molecule has 1 aromatic carbocycles. The maximum absolute atomic E-state index is 11.8. The number of nitrogens with zero attached hydrogens (tertiary/aromatic N) is 2. The average molecular weight is 259 g/mol. The molecule has 4 N–H and O–H groups in total. The Morgan fingerprint density at radius 2 is 2.33 bits per heavy atom. The van der Waals surface area contributed by atoms with Crippen LogP contribution >= 0.6 is 11.3 Å². The van der Waals surface area contributed by atoms with E-state index in [0.29, 0.717) is 17.3 Å². The van der Waals surface area contributed by atoms with E-state index in [9.17, 15) is 4.79 Å². The van der Waals surface area contributed by atoms with Crippen molar-refractivity contribution in [2.75, 3.05) is 11.1 Å². The third-order valence-corrected chi connectivity index (χ3v) is 3.01. The molecule has 2 heterocycles. The summed E-state index contributed by atoms with van der Waals surface area (Å²) in [7, 11) is 0. The molecule has 0 atom stereocenters. The molecule has 2 aromatic heterocycles. The molecule has 6 nitrogen and oxygen atoms in total. The van der Waals surface area contributed by atoms with E-state index in [1.807, 2.05) is 0 Å². The quantitative estimate of drug-likeness (QED) is 0.654. The molecule has 1 amide bonds. The number of thiazole rings is 1. The number of aromatic amines is 1. The normalized spacial score (nSPS) is 10.7. The lowest BCUT2D eigenvalue weighted by atomic mass is 10.2. The summed E-state index contributed by atoms with van der Waals surface area (Å²) in [4.78, 5) is 22.7. The van der Waals surface area contributed by atoms with Gasteiger partial charge in [-0.3, -0.25) is 4.79 Å². The lowest BCUT2D eigenvalue weighted by Gasteiger charge is -2.02. The fourth-order valence-corrected chi connectivity index (χ4v) is 2.16. The van der Waals surface area contributed by atoms with Gasteiger partial charge in [-0.15, -0.1) is 11.3 Å². The Hall–Kier alpha value is -2.41. The largest absolute Gasteiger partial charge is 0.369 e. The smallest absolute Gasteiger partial charge is 0.275 e. The minimum atomic E-state index is -0.233. The summed E-state index contributed by atoms with van der Waals surface area (Å²) in [6.07, 6.45) is 0. The Kier molecular flexibility index (Phi) is 2.45. The van der Waals surface area contributed by atoms with Gasteiger partial charge in [-0.25, -0.2) is 9.97 Å². The van der Waals surface area contributed by atoms with Crippen molar-refractivity contribution in [2.45, 2.75) is 0 Å². The molecule has 0 aliphatic rings. The first-order valence-corrected chi connectivity index (χ1v) is 6.11. The number of nitrogen functional groups attached to an aromatic ring is 1. The van der Waals surface area contributed by atoms with Gasteiger partial charge in [0.1, 0.15) is 5.69 Å². The van der Waals surface area contributed by atoms with Crippen LogP contribution in [0.25, 0.3) is 11.0 Å². The molecule has 0 aliphatic carbocycles. The van der Waals surface area contributed by atoms with E-state index in [-0.39, 0.29) is 5.91 Å². The molecule has 18 heavy (non-hydrogen) atoms. The Bertz CT molecular complexity index is 703. The number of rotatable bonds is 2. The van der Waals surface area contributed by atoms with Crippen LogP contribution in [0, 0.1) is 0 Å². The Balaban J connectivity index is 1.88. The molecular weight excluding hydrogens is 250 g/mol. The maximum Gasteiger partial charge on any atom is 0.275 e. The summed E-state index contributed by atoms with van der Waals surface area (Å²) in [6.45, 7) is 0. The first-order valence-electron chi connectivity index (χ1n) is 5.17. The van der Waals surface area contributed by atoms with Crippen molar-refractivity contribution in [3.8, 4) is 0 Å². The van der Waals surface area contributed by atoms with Crippen LogP contribution in [0.4, 0.5) is 11.6 Å². The van der Waals surface area contributed by atoms with Gasteiger partial charge >= 0.3 is 0 Å². The van der Waals surface area contributed by atoms with Gasteiger partial charge in [0.2, 0.25) is 0 Å². The van der Waals surface area contributed by atoms with E-state index in [0.717, 1.165) is 11.0 Å². The highest BCUT2D eigenvalue weighted by atomic mass is 32.1. The molecule has 0 aliphatic heterocycles. The number of nitrogens with one attached hydrogen (secondary N) is 2. The van der Waals surface area contributed by atoms with Crippen molar-refractivity contribution in [3.63, 3.8) is 0 Å². The summed E-state index contributed by atoms with van der Waals surface area (Å²) in [5, 5.41) is 4.46. The van der Waals surface area contributed by atoms with Crippen LogP contribution in [0.15, 0.2) is 29.1 Å². The predicted molar refractivity (Wildman–Crippen MR) is 70.6 cm³/mol. The standard InChI is InChI=1S/C11H9N5OS/c12-11-15-7-2-1-6(3-8(7)16-11)14-10(17)9-4-18-5-13-9/h1-5H,(H,14,17)(H3,12,15,16). The van der Waals surface area contributed by atoms with Crippen LogP contribution in [-0.4, -0.2) is 20.9 Å². The number of hydrogen-bond acceptors (Lipinski definition) is 5. The fourth-order valence-electron chi connectivity index (χ4n) is 1.63. The van der Waals surface area contributed by atoms with Gasteiger partial charge < -0.3 is 16.0 Å². The van der Waals surface area contributed by atoms with Crippen LogP contribution < -0.4 is 11.1 Å². The maximum atomic E-state index is 11.8. The monoisotopic (exact) mass is 259 g/mol. The zero-order valence-electron chi connectivity index (χ0n) is 9.18. The summed E-state index contributed by atoms with van der Waals surface area (Å²) < 4.78 is 0. The highest BCUT2D eigenvalue weighted by molar-refractivity contribution is 7.07. The van der Waals surface area contributed by atoms with Crippen LogP contribution in [0.3, 0.4) is 0 Å². The molecule has 0 fully saturated rings. The molecule has 7 heteroatoms. The Labute approximate surface area is 106 Å². The second kappa shape index (κ2) is 4.11. The zero-order chi connectivity index (χ0) is 12.5. The topological polar surface area (TPSA) is 96.7 Å². The second-order valence-corrected chi connectivity index (χ2v) is 4.40. The van der Waals surface area contributed by atoms with E-state index in [1.54, 1.807) is 29.1 Å². The average Bonchev–Trinajstić information content (AvgIpc) is 2.95. The number of fused-ring (bicyclic) bond motifs is 1. The fraction of sp³-hybridized carbons (Fsp3) is 0. The summed E-state index contributed by atoms with van der Waals surface area (Å²) in [5.74, 6) is 0.121. The van der Waals surface area contributed by atoms with Crippen LogP contribution in [0.1, 0.15) is 10.5 Å². The second-order valence-electron chi connectivity index (χ2n) is 3.68. The molecule has 0 bridgehead atoms. The van der Waals surface area contributed by atoms with E-state index in [2.05, 4.69) is 20.3 Å². The number of aromatic nitrogens is 3. The molecule has 0 saturated carbocycles. The minimum Gasteiger partial charge on any atom is -0.369 e. The van der Waals surface area contributed by atoms with E-state index < -0.39 is 0 Å². The Morgan fingerprint density at radius 3 is 3.11 bits per heavy atom. The third-order valence-electron chi connectivity index (χ3n) is 2.42. The van der Waals surface area contributed by atoms with Crippen molar-refractivity contribution in [1.82, 2.24) is 15.0 Å². The summed E-state index contributed by atoms with van der Waals surface area (Å²) in [6, 6.07) is 5.34. The summed E-state index contributed by atoms with van der Waals surface area (Å²) >= 11 is 1.38. The number of imidazole rings is 1. The van der Waals surface area contributed by atoms with Crippen molar-refractivity contribution in [1.29, 1.82) is 0 Å². The molecule has 3 rings (SSSR count). The van der Waals surface area contributed by atoms with E-state index in [1.165, 1.54) is 11.3 Å². The first kappa shape index (κ1) is 10.7. The van der Waals surface area contributed by atoms with Crippen molar-refractivity contribution < 1.29 is 4.79 Å². The van der Waals surface area contributed by atoms with Gasteiger partial charge in [-0.1, -0.05) is 0 Å². The lowest BCUT2D eigenvalue weighted by molar-refractivity contribution is 0.102. The highest BCUT2D eigenvalue weighted by Crippen LogP contribution is 2.18. The molecule has 0 spiro atoms. The van der Waals surface area contributed by atoms with Crippen LogP contribution in [0.2, 0.25) is 0 Å². The zero-order valence-corrected chi connectivity index (χ0v) is 9.99. The number of amides is 1. The van der Waals surface area contributed by atoms with Gasteiger partial charge in [-0.05, 0) is 18.2 Å². The molecule has 0 saturated heterocycles. The van der Waals surface area contributed by atoms with Gasteiger partial charge in [0, 0.05) is 11.1 Å². The van der Waals surface area contributed by atoms with E-state index >= 15 is 0 Å². The predicted octanol–water partition coefficient (Wildman–Crippen LogP) is 1.85. The number of H-pyrrole nitrogens is 1. The number of benzene rings is 1.